The van der Waals surface area contributed by atoms with Crippen molar-refractivity contribution in [3.8, 4) is 0 Å². The van der Waals surface area contributed by atoms with Crippen molar-refractivity contribution < 1.29 is 9.53 Å². The van der Waals surface area contributed by atoms with E-state index < -0.39 is 0 Å². The fourth-order valence-corrected chi connectivity index (χ4v) is 3.15. The summed E-state index contributed by atoms with van der Waals surface area (Å²) in [6, 6.07) is 26.1. The van der Waals surface area contributed by atoms with Crippen molar-refractivity contribution in [3.63, 3.8) is 0 Å². The predicted octanol–water partition coefficient (Wildman–Crippen LogP) is 5.79. The maximum absolute atomic E-state index is 11.4. The Kier molecular flexibility index (Phi) is 5.70. The number of ether oxygens (including phenoxy) is 1. The molecule has 0 bridgehead atoms. The molecule has 0 aromatic heterocycles. The van der Waals surface area contributed by atoms with Crippen molar-refractivity contribution in [3.05, 3.63) is 95.6 Å². The van der Waals surface area contributed by atoms with Crippen LogP contribution in [0.4, 0.5) is 0 Å². The Labute approximate surface area is 152 Å². The molecule has 2 nitrogen and oxygen atoms in total. The normalized spacial score (nSPS) is 10.8. The average molecular weight is 346 g/mol. The van der Waals surface area contributed by atoms with Crippen molar-refractivity contribution in [2.75, 3.05) is 7.11 Å². The third-order valence-electron chi connectivity index (χ3n) is 3.66. The summed E-state index contributed by atoms with van der Waals surface area (Å²) in [7, 11) is 1.38. The molecule has 0 radical (unpaired) electrons. The molecule has 0 N–H and O–H groups in total. The first-order valence-electron chi connectivity index (χ1n) is 7.94. The minimum absolute atomic E-state index is 0.318. The van der Waals surface area contributed by atoms with Gasteiger partial charge in [-0.1, -0.05) is 66.4 Å². The Morgan fingerprint density at radius 2 is 1.28 bits per heavy atom. The van der Waals surface area contributed by atoms with Gasteiger partial charge in [0.25, 0.3) is 0 Å². The average Bonchev–Trinajstić information content (AvgIpc) is 2.68. The smallest absolute Gasteiger partial charge is 0.337 e. The van der Waals surface area contributed by atoms with Gasteiger partial charge >= 0.3 is 5.97 Å². The molecule has 0 unspecified atom stereocenters. The number of carbonyl (C=O) groups excluding carboxylic acids is 1. The summed E-state index contributed by atoms with van der Waals surface area (Å²) in [6.07, 6.45) is 4.09. The van der Waals surface area contributed by atoms with Crippen molar-refractivity contribution in [1.29, 1.82) is 0 Å². The van der Waals surface area contributed by atoms with E-state index in [4.69, 9.17) is 4.74 Å². The van der Waals surface area contributed by atoms with Gasteiger partial charge in [0.15, 0.2) is 0 Å². The molecule has 0 spiro atoms. The van der Waals surface area contributed by atoms with Gasteiger partial charge in [-0.15, -0.1) is 0 Å². The Balaban J connectivity index is 1.64. The molecule has 124 valence electrons. The van der Waals surface area contributed by atoms with Gasteiger partial charge in [-0.3, -0.25) is 0 Å². The third-order valence-corrected chi connectivity index (χ3v) is 4.67. The second-order valence-electron chi connectivity index (χ2n) is 5.43. The van der Waals surface area contributed by atoms with E-state index in [9.17, 15) is 4.79 Å². The molecule has 0 fully saturated rings. The standard InChI is InChI=1S/C22H18O2S/c1-24-22(23)19-13-9-17(10-14-19)7-8-18-11-15-21(16-12-18)25-20-5-3-2-4-6-20/h2-16H,1H3/b8-7+. The van der Waals surface area contributed by atoms with E-state index in [-0.39, 0.29) is 5.97 Å². The van der Waals surface area contributed by atoms with Gasteiger partial charge in [0, 0.05) is 9.79 Å². The summed E-state index contributed by atoms with van der Waals surface area (Å²) in [5.74, 6) is -0.318. The molecule has 0 aliphatic heterocycles. The summed E-state index contributed by atoms with van der Waals surface area (Å²) in [6.45, 7) is 0. The van der Waals surface area contributed by atoms with Gasteiger partial charge in [0.1, 0.15) is 0 Å². The first kappa shape index (κ1) is 17.1. The van der Waals surface area contributed by atoms with E-state index in [0.29, 0.717) is 5.56 Å². The monoisotopic (exact) mass is 346 g/mol. The molecule has 3 heteroatoms. The number of benzene rings is 3. The number of hydrogen-bond acceptors (Lipinski definition) is 3. The van der Waals surface area contributed by atoms with Crippen LogP contribution in [0.1, 0.15) is 21.5 Å². The van der Waals surface area contributed by atoms with Crippen LogP contribution < -0.4 is 0 Å². The summed E-state index contributed by atoms with van der Waals surface area (Å²) < 4.78 is 4.70. The van der Waals surface area contributed by atoms with Gasteiger partial charge in [-0.05, 0) is 47.5 Å². The molecule has 25 heavy (non-hydrogen) atoms. The fourth-order valence-electron chi connectivity index (χ4n) is 2.31. The van der Waals surface area contributed by atoms with Crippen LogP contribution >= 0.6 is 11.8 Å². The highest BCUT2D eigenvalue weighted by Crippen LogP contribution is 2.27. The molecule has 0 atom stereocenters. The minimum Gasteiger partial charge on any atom is -0.465 e. The van der Waals surface area contributed by atoms with Crippen LogP contribution in [-0.4, -0.2) is 13.1 Å². The van der Waals surface area contributed by atoms with E-state index in [1.807, 2.05) is 36.4 Å². The zero-order valence-electron chi connectivity index (χ0n) is 13.9. The highest BCUT2D eigenvalue weighted by molar-refractivity contribution is 7.99. The van der Waals surface area contributed by atoms with Crippen LogP contribution in [0, 0.1) is 0 Å². The third kappa shape index (κ3) is 4.85. The Hall–Kier alpha value is -2.78. The molecule has 3 rings (SSSR count). The van der Waals surface area contributed by atoms with Crippen molar-refractivity contribution in [2.45, 2.75) is 9.79 Å². The van der Waals surface area contributed by atoms with Crippen molar-refractivity contribution in [2.24, 2.45) is 0 Å². The summed E-state index contributed by atoms with van der Waals surface area (Å²) in [5.41, 5.74) is 2.73. The van der Waals surface area contributed by atoms with Crippen LogP contribution in [0.2, 0.25) is 0 Å². The van der Waals surface area contributed by atoms with Crippen molar-refractivity contribution >= 4 is 29.9 Å². The molecule has 3 aromatic rings. The number of methoxy groups -OCH3 is 1. The van der Waals surface area contributed by atoms with Gasteiger partial charge in [0.2, 0.25) is 0 Å². The Morgan fingerprint density at radius 1 is 0.760 bits per heavy atom. The first-order chi connectivity index (χ1) is 12.2. The lowest BCUT2D eigenvalue weighted by Crippen LogP contribution is -2.00. The number of carbonyl (C=O) groups is 1. The SMILES string of the molecule is COC(=O)c1ccc(/C=C/c2ccc(Sc3ccccc3)cc2)cc1. The number of esters is 1. The molecule has 0 aliphatic rings. The van der Waals surface area contributed by atoms with Gasteiger partial charge < -0.3 is 4.74 Å². The quantitative estimate of drug-likeness (QED) is 0.432. The van der Waals surface area contributed by atoms with E-state index in [1.165, 1.54) is 16.9 Å². The van der Waals surface area contributed by atoms with Crippen LogP contribution in [0.5, 0.6) is 0 Å². The van der Waals surface area contributed by atoms with E-state index >= 15 is 0 Å². The van der Waals surface area contributed by atoms with E-state index in [1.54, 1.807) is 23.9 Å². The zero-order chi connectivity index (χ0) is 17.5. The van der Waals surface area contributed by atoms with Gasteiger partial charge in [-0.2, -0.15) is 0 Å². The summed E-state index contributed by atoms with van der Waals surface area (Å²) in [4.78, 5) is 13.9. The molecule has 3 aromatic carbocycles. The number of hydrogen-bond donors (Lipinski definition) is 0. The lowest BCUT2D eigenvalue weighted by molar-refractivity contribution is 0.0600. The highest BCUT2D eigenvalue weighted by Gasteiger charge is 2.03. The van der Waals surface area contributed by atoms with Crippen molar-refractivity contribution in [1.82, 2.24) is 0 Å². The minimum atomic E-state index is -0.318. The van der Waals surface area contributed by atoms with Crippen LogP contribution in [0.3, 0.4) is 0 Å². The molecule has 0 amide bonds. The molecule has 0 saturated heterocycles. The second-order valence-corrected chi connectivity index (χ2v) is 6.58. The van der Waals surface area contributed by atoms with E-state index in [2.05, 4.69) is 42.5 Å². The molecule has 0 saturated carbocycles. The Morgan fingerprint density at radius 3 is 1.84 bits per heavy atom. The van der Waals surface area contributed by atoms with Crippen LogP contribution in [0.15, 0.2) is 88.7 Å². The highest BCUT2D eigenvalue weighted by atomic mass is 32.2. The first-order valence-corrected chi connectivity index (χ1v) is 8.76. The maximum atomic E-state index is 11.4. The topological polar surface area (TPSA) is 26.3 Å². The largest absolute Gasteiger partial charge is 0.465 e. The Bertz CT molecular complexity index is 851. The predicted molar refractivity (Wildman–Crippen MR) is 104 cm³/mol. The lowest BCUT2D eigenvalue weighted by atomic mass is 10.1. The fraction of sp³-hybridized carbons (Fsp3) is 0.0455. The summed E-state index contributed by atoms with van der Waals surface area (Å²) in [5, 5.41) is 0. The van der Waals surface area contributed by atoms with Crippen LogP contribution in [-0.2, 0) is 4.74 Å². The molecular weight excluding hydrogens is 328 g/mol. The van der Waals surface area contributed by atoms with E-state index in [0.717, 1.165) is 11.1 Å². The maximum Gasteiger partial charge on any atom is 0.337 e. The van der Waals surface area contributed by atoms with Crippen LogP contribution in [0.25, 0.3) is 12.2 Å². The zero-order valence-corrected chi connectivity index (χ0v) is 14.7. The molecule has 0 aliphatic carbocycles. The molecule has 0 heterocycles. The number of rotatable bonds is 5. The summed E-state index contributed by atoms with van der Waals surface area (Å²) >= 11 is 1.75. The van der Waals surface area contributed by atoms with Gasteiger partial charge in [-0.25, -0.2) is 4.79 Å². The molecular formula is C22H18O2S. The lowest BCUT2D eigenvalue weighted by Gasteiger charge is -2.02. The second kappa shape index (κ2) is 8.36. The van der Waals surface area contributed by atoms with Gasteiger partial charge in [0.05, 0.1) is 12.7 Å².